The van der Waals surface area contributed by atoms with Crippen molar-refractivity contribution in [2.24, 2.45) is 5.73 Å². The summed E-state index contributed by atoms with van der Waals surface area (Å²) in [6.45, 7) is 4.71. The molecule has 0 saturated heterocycles. The number of carbonyl (C=O) groups excluding carboxylic acids is 1. The number of phosphoric ester groups is 1. The summed E-state index contributed by atoms with van der Waals surface area (Å²) in [5, 5.41) is 0. The Morgan fingerprint density at radius 2 is 1.14 bits per heavy atom. The van der Waals surface area contributed by atoms with Crippen LogP contribution in [0.5, 0.6) is 0 Å². The summed E-state index contributed by atoms with van der Waals surface area (Å²) in [6, 6.07) is 0. The Morgan fingerprint density at radius 3 is 1.71 bits per heavy atom. The first-order chi connectivity index (χ1) is 23.9. The van der Waals surface area contributed by atoms with Crippen molar-refractivity contribution in [3.05, 3.63) is 60.8 Å². The second-order valence-electron chi connectivity index (χ2n) is 12.4. The van der Waals surface area contributed by atoms with Crippen molar-refractivity contribution in [3.8, 4) is 0 Å². The summed E-state index contributed by atoms with van der Waals surface area (Å²) in [5.41, 5.74) is 5.35. The van der Waals surface area contributed by atoms with Gasteiger partial charge in [0.05, 0.1) is 19.8 Å². The average Bonchev–Trinajstić information content (AvgIpc) is 3.09. The van der Waals surface area contributed by atoms with Crippen LogP contribution in [0.2, 0.25) is 0 Å². The van der Waals surface area contributed by atoms with Crippen molar-refractivity contribution >= 4 is 13.8 Å². The highest BCUT2D eigenvalue weighted by molar-refractivity contribution is 7.47. The van der Waals surface area contributed by atoms with E-state index in [1.54, 1.807) is 0 Å². The van der Waals surface area contributed by atoms with Gasteiger partial charge >= 0.3 is 13.8 Å². The molecule has 0 amide bonds. The third-order valence-corrected chi connectivity index (χ3v) is 8.68. The van der Waals surface area contributed by atoms with Gasteiger partial charge in [0.25, 0.3) is 0 Å². The largest absolute Gasteiger partial charge is 0.472 e. The molecule has 2 unspecified atom stereocenters. The van der Waals surface area contributed by atoms with Gasteiger partial charge in [-0.1, -0.05) is 145 Å². The summed E-state index contributed by atoms with van der Waals surface area (Å²) in [7, 11) is -4.28. The summed E-state index contributed by atoms with van der Waals surface area (Å²) in [5.74, 6) is -0.345. The molecule has 3 N–H and O–H groups in total. The Morgan fingerprint density at radius 1 is 0.633 bits per heavy atom. The molecule has 0 heterocycles. The lowest BCUT2D eigenvalue weighted by atomic mass is 10.1. The molecule has 0 radical (unpaired) electrons. The maximum absolute atomic E-state index is 12.5. The first-order valence-electron chi connectivity index (χ1n) is 19.3. The van der Waals surface area contributed by atoms with E-state index in [9.17, 15) is 14.3 Å². The molecule has 49 heavy (non-hydrogen) atoms. The predicted octanol–water partition coefficient (Wildman–Crippen LogP) is 11.0. The normalized spacial score (nSPS) is 14.3. The quantitative estimate of drug-likeness (QED) is 0.0286. The second-order valence-corrected chi connectivity index (χ2v) is 13.9. The van der Waals surface area contributed by atoms with Crippen LogP contribution in [0, 0.1) is 0 Å². The Hall–Kier alpha value is -1.80. The van der Waals surface area contributed by atoms with E-state index in [4.69, 9.17) is 24.3 Å². The highest BCUT2D eigenvalue weighted by atomic mass is 31.2. The molecule has 8 nitrogen and oxygen atoms in total. The molecule has 0 aliphatic rings. The van der Waals surface area contributed by atoms with E-state index in [1.807, 2.05) is 0 Å². The predicted molar refractivity (Wildman–Crippen MR) is 205 cm³/mol. The van der Waals surface area contributed by atoms with Crippen LogP contribution >= 0.6 is 7.82 Å². The van der Waals surface area contributed by atoms with Gasteiger partial charge in [0.1, 0.15) is 6.10 Å². The van der Waals surface area contributed by atoms with E-state index in [1.165, 1.54) is 44.9 Å². The molecule has 0 aromatic heterocycles. The zero-order valence-corrected chi connectivity index (χ0v) is 32.1. The standard InChI is InChI=1S/C40H72NO7P/c1-3-5-7-9-11-13-15-16-17-18-19-20-21-22-23-24-26-28-30-32-35-45-37-39(38-47-49(43,44)46-36-34-41)48-40(42)33-31-29-27-25-14-12-10-8-6-4-2/h5,7,11,13,16-17,19-20,22-23,39H,3-4,6,8-10,12,14-15,18,21,24-38,41H2,1-2H3,(H,43,44)/b7-5-,13-11-,17-16-,20-19-,23-22-. The van der Waals surface area contributed by atoms with Gasteiger partial charge in [0.2, 0.25) is 0 Å². The van der Waals surface area contributed by atoms with Crippen LogP contribution in [0.4, 0.5) is 0 Å². The fourth-order valence-electron chi connectivity index (χ4n) is 4.90. The Balaban J connectivity index is 4.11. The lowest BCUT2D eigenvalue weighted by Gasteiger charge is -2.20. The Labute approximate surface area is 300 Å². The van der Waals surface area contributed by atoms with Gasteiger partial charge in [-0.2, -0.15) is 0 Å². The molecule has 0 aromatic carbocycles. The first-order valence-corrected chi connectivity index (χ1v) is 20.8. The molecule has 2 atom stereocenters. The molecule has 0 aromatic rings. The number of nitrogens with two attached hydrogens (primary N) is 1. The van der Waals surface area contributed by atoms with Crippen LogP contribution in [0.15, 0.2) is 60.8 Å². The number of carbonyl (C=O) groups is 1. The Kier molecular flexibility index (Phi) is 36.1. The highest BCUT2D eigenvalue weighted by Gasteiger charge is 2.25. The van der Waals surface area contributed by atoms with E-state index in [2.05, 4.69) is 74.6 Å². The number of rotatable bonds is 36. The van der Waals surface area contributed by atoms with Crippen molar-refractivity contribution in [2.75, 3.05) is 33.0 Å². The van der Waals surface area contributed by atoms with Crippen molar-refractivity contribution < 1.29 is 32.8 Å². The van der Waals surface area contributed by atoms with Gasteiger partial charge in [-0.25, -0.2) is 4.57 Å². The molecule has 284 valence electrons. The number of phosphoric acid groups is 1. The lowest BCUT2D eigenvalue weighted by Crippen LogP contribution is -2.28. The molecule has 0 rings (SSSR count). The van der Waals surface area contributed by atoms with Crippen LogP contribution in [0.1, 0.15) is 149 Å². The van der Waals surface area contributed by atoms with Gasteiger partial charge < -0.3 is 20.1 Å². The molecule has 0 bridgehead atoms. The Bertz CT molecular complexity index is 932. The molecule has 0 aliphatic carbocycles. The maximum Gasteiger partial charge on any atom is 0.472 e. The fraction of sp³-hybridized carbons (Fsp3) is 0.725. The minimum absolute atomic E-state index is 0.0939. The van der Waals surface area contributed by atoms with Crippen molar-refractivity contribution in [2.45, 2.75) is 155 Å². The molecule has 9 heteroatoms. The van der Waals surface area contributed by atoms with E-state index < -0.39 is 13.9 Å². The zero-order valence-electron chi connectivity index (χ0n) is 31.2. The van der Waals surface area contributed by atoms with Crippen molar-refractivity contribution in [1.29, 1.82) is 0 Å². The third kappa shape index (κ3) is 37.3. The minimum atomic E-state index is -4.28. The van der Waals surface area contributed by atoms with Crippen molar-refractivity contribution in [3.63, 3.8) is 0 Å². The molecule has 0 saturated carbocycles. The molecular weight excluding hydrogens is 637 g/mol. The van der Waals surface area contributed by atoms with E-state index >= 15 is 0 Å². The third-order valence-electron chi connectivity index (χ3n) is 7.70. The van der Waals surface area contributed by atoms with Gasteiger partial charge in [-0.3, -0.25) is 13.8 Å². The van der Waals surface area contributed by atoms with Crippen LogP contribution in [0.25, 0.3) is 0 Å². The van der Waals surface area contributed by atoms with E-state index in [0.717, 1.165) is 83.5 Å². The summed E-state index contributed by atoms with van der Waals surface area (Å²) in [6.07, 6.45) is 43.8. The van der Waals surface area contributed by atoms with Gasteiger partial charge in [0, 0.05) is 19.6 Å². The van der Waals surface area contributed by atoms with Gasteiger partial charge in [0.15, 0.2) is 0 Å². The lowest BCUT2D eigenvalue weighted by molar-refractivity contribution is -0.154. The van der Waals surface area contributed by atoms with E-state index in [0.29, 0.717) is 13.0 Å². The topological polar surface area (TPSA) is 117 Å². The summed E-state index contributed by atoms with van der Waals surface area (Å²) < 4.78 is 33.2. The summed E-state index contributed by atoms with van der Waals surface area (Å²) in [4.78, 5) is 22.3. The average molecular weight is 710 g/mol. The number of esters is 1. The van der Waals surface area contributed by atoms with Crippen LogP contribution in [-0.2, 0) is 27.9 Å². The number of hydrogen-bond acceptors (Lipinski definition) is 7. The van der Waals surface area contributed by atoms with Gasteiger partial charge in [-0.05, 0) is 57.8 Å². The number of unbranched alkanes of at least 4 members (excludes halogenated alkanes) is 13. The SMILES string of the molecule is CC/C=C\C/C=C\C/C=C\C/C=C\C/C=C\CCCCCCOCC(COP(=O)(O)OCCN)OC(=O)CCCCCCCCCCCC. The summed E-state index contributed by atoms with van der Waals surface area (Å²) >= 11 is 0. The van der Waals surface area contributed by atoms with E-state index in [-0.39, 0.29) is 32.3 Å². The smallest absolute Gasteiger partial charge is 0.457 e. The molecule has 0 spiro atoms. The number of ether oxygens (including phenoxy) is 2. The number of allylic oxidation sites excluding steroid dienone is 10. The van der Waals surface area contributed by atoms with Crippen LogP contribution < -0.4 is 5.73 Å². The van der Waals surface area contributed by atoms with Crippen molar-refractivity contribution in [1.82, 2.24) is 0 Å². The molecule has 0 fully saturated rings. The van der Waals surface area contributed by atoms with Crippen LogP contribution in [-0.4, -0.2) is 49.9 Å². The molecule has 0 aliphatic heterocycles. The fourth-order valence-corrected chi connectivity index (χ4v) is 5.67. The second kappa shape index (κ2) is 37.5. The van der Waals surface area contributed by atoms with Crippen LogP contribution in [0.3, 0.4) is 0 Å². The number of hydrogen-bond donors (Lipinski definition) is 2. The highest BCUT2D eigenvalue weighted by Crippen LogP contribution is 2.43. The monoisotopic (exact) mass is 710 g/mol. The van der Waals surface area contributed by atoms with Gasteiger partial charge in [-0.15, -0.1) is 0 Å². The zero-order chi connectivity index (χ0) is 35.9. The molecular formula is C40H72NO7P. The minimum Gasteiger partial charge on any atom is -0.457 e. The maximum atomic E-state index is 12.5. The first kappa shape index (κ1) is 47.2.